The monoisotopic (exact) mass is 460 g/mol. The summed E-state index contributed by atoms with van der Waals surface area (Å²) < 4.78 is 64.2. The number of hydrogen-bond donors (Lipinski definition) is 0. The zero-order valence-electron chi connectivity index (χ0n) is 15.2. The van der Waals surface area contributed by atoms with Crippen LogP contribution in [0.4, 0.5) is 4.39 Å². The van der Waals surface area contributed by atoms with Crippen LogP contribution in [-0.4, -0.2) is 63.9 Å². The van der Waals surface area contributed by atoms with Crippen LogP contribution in [0.15, 0.2) is 58.3 Å². The Kier molecular flexibility index (Phi) is 6.27. The zero-order chi connectivity index (χ0) is 21.2. The quantitative estimate of drug-likeness (QED) is 0.678. The molecule has 2 aromatic rings. The van der Waals surface area contributed by atoms with Crippen LogP contribution in [0.5, 0.6) is 0 Å². The molecule has 156 valence electrons. The van der Waals surface area contributed by atoms with E-state index < -0.39 is 37.3 Å². The van der Waals surface area contributed by atoms with Crippen LogP contribution in [0.3, 0.4) is 0 Å². The predicted octanol–water partition coefficient (Wildman–Crippen LogP) is 1.79. The molecule has 0 aliphatic carbocycles. The minimum Gasteiger partial charge on any atom is -0.339 e. The van der Waals surface area contributed by atoms with Crippen molar-refractivity contribution in [2.24, 2.45) is 0 Å². The van der Waals surface area contributed by atoms with Gasteiger partial charge in [-0.05, 0) is 48.5 Å². The Morgan fingerprint density at radius 1 is 0.862 bits per heavy atom. The number of hydrogen-bond acceptors (Lipinski definition) is 5. The normalized spacial score (nSPS) is 16.0. The lowest BCUT2D eigenvalue weighted by Gasteiger charge is -2.34. The van der Waals surface area contributed by atoms with Crippen molar-refractivity contribution in [1.82, 2.24) is 9.21 Å². The maximum atomic E-state index is 13.0. The molecule has 0 saturated carbocycles. The minimum atomic E-state index is -3.83. The number of benzene rings is 2. The van der Waals surface area contributed by atoms with Crippen LogP contribution in [0.1, 0.15) is 0 Å². The van der Waals surface area contributed by atoms with E-state index in [0.717, 1.165) is 12.1 Å². The van der Waals surface area contributed by atoms with Crippen molar-refractivity contribution in [3.05, 3.63) is 59.4 Å². The fourth-order valence-corrected chi connectivity index (χ4v) is 5.69. The van der Waals surface area contributed by atoms with Crippen molar-refractivity contribution in [2.45, 2.75) is 9.79 Å². The fourth-order valence-electron chi connectivity index (χ4n) is 2.91. The maximum Gasteiger partial charge on any atom is 0.243 e. The molecule has 3 rings (SSSR count). The van der Waals surface area contributed by atoms with E-state index in [2.05, 4.69) is 0 Å². The van der Waals surface area contributed by atoms with E-state index in [0.29, 0.717) is 5.02 Å². The van der Waals surface area contributed by atoms with Crippen molar-refractivity contribution >= 4 is 37.4 Å². The average Bonchev–Trinajstić information content (AvgIpc) is 2.68. The summed E-state index contributed by atoms with van der Waals surface area (Å²) in [5.41, 5.74) is 0. The molecule has 1 fully saturated rings. The number of carbonyl (C=O) groups is 1. The largest absolute Gasteiger partial charge is 0.339 e. The number of rotatable bonds is 5. The Morgan fingerprint density at radius 2 is 1.38 bits per heavy atom. The molecule has 11 heteroatoms. The molecule has 1 amide bonds. The van der Waals surface area contributed by atoms with Crippen LogP contribution in [0.25, 0.3) is 0 Å². The van der Waals surface area contributed by atoms with Gasteiger partial charge in [0.2, 0.25) is 15.9 Å². The van der Waals surface area contributed by atoms with Crippen LogP contribution >= 0.6 is 11.6 Å². The number of amides is 1. The molecular formula is C18H18ClFN2O5S2. The van der Waals surface area contributed by atoms with Gasteiger partial charge in [0, 0.05) is 31.2 Å². The number of sulfone groups is 1. The van der Waals surface area contributed by atoms with E-state index in [1.165, 1.54) is 45.6 Å². The van der Waals surface area contributed by atoms with Gasteiger partial charge < -0.3 is 4.90 Å². The Bertz CT molecular complexity index is 1100. The molecule has 7 nitrogen and oxygen atoms in total. The first kappa shape index (κ1) is 21.7. The molecule has 0 N–H and O–H groups in total. The predicted molar refractivity (Wildman–Crippen MR) is 105 cm³/mol. The highest BCUT2D eigenvalue weighted by molar-refractivity contribution is 7.92. The summed E-state index contributed by atoms with van der Waals surface area (Å²) in [6.07, 6.45) is 0. The molecule has 0 atom stereocenters. The van der Waals surface area contributed by atoms with E-state index in [4.69, 9.17) is 11.6 Å². The molecule has 1 aliphatic rings. The van der Waals surface area contributed by atoms with E-state index in [-0.39, 0.29) is 36.0 Å². The first-order valence-electron chi connectivity index (χ1n) is 8.61. The first-order valence-corrected chi connectivity index (χ1v) is 12.1. The smallest absolute Gasteiger partial charge is 0.243 e. The Balaban J connectivity index is 1.63. The maximum absolute atomic E-state index is 13.0. The molecule has 1 heterocycles. The number of halogens is 2. The number of carbonyl (C=O) groups excluding carboxylic acids is 1. The van der Waals surface area contributed by atoms with Gasteiger partial charge in [0.25, 0.3) is 0 Å². The van der Waals surface area contributed by atoms with Crippen molar-refractivity contribution in [2.75, 3.05) is 31.9 Å². The van der Waals surface area contributed by atoms with Gasteiger partial charge in [-0.3, -0.25) is 4.79 Å². The third kappa shape index (κ3) is 4.95. The summed E-state index contributed by atoms with van der Waals surface area (Å²) in [6.45, 7) is 0.170. The third-order valence-corrected chi connectivity index (χ3v) is 8.31. The Labute approximate surface area is 173 Å². The molecule has 29 heavy (non-hydrogen) atoms. The lowest BCUT2D eigenvalue weighted by Crippen LogP contribution is -2.51. The second-order valence-corrected chi connectivity index (χ2v) is 10.8. The standard InChI is InChI=1S/C18H18ClFN2O5S2/c19-14-1-5-16(6-2-14)28(24,25)13-18(23)21-9-11-22(12-10-21)29(26,27)17-7-3-15(20)4-8-17/h1-8H,9-13H2. The highest BCUT2D eigenvalue weighted by Crippen LogP contribution is 2.19. The number of sulfonamides is 1. The summed E-state index contributed by atoms with van der Waals surface area (Å²) in [5.74, 6) is -1.85. The zero-order valence-corrected chi connectivity index (χ0v) is 17.6. The molecular weight excluding hydrogens is 443 g/mol. The fraction of sp³-hybridized carbons (Fsp3) is 0.278. The van der Waals surface area contributed by atoms with Crippen molar-refractivity contribution in [3.63, 3.8) is 0 Å². The summed E-state index contributed by atoms with van der Waals surface area (Å²) in [4.78, 5) is 13.7. The summed E-state index contributed by atoms with van der Waals surface area (Å²) in [7, 11) is -7.64. The van der Waals surface area contributed by atoms with Gasteiger partial charge in [0.15, 0.2) is 9.84 Å². The van der Waals surface area contributed by atoms with Crippen molar-refractivity contribution < 1.29 is 26.0 Å². The van der Waals surface area contributed by atoms with Crippen molar-refractivity contribution in [1.29, 1.82) is 0 Å². The molecule has 0 spiro atoms. The average molecular weight is 461 g/mol. The van der Waals surface area contributed by atoms with E-state index in [1.807, 2.05) is 0 Å². The van der Waals surface area contributed by atoms with Crippen LogP contribution in [-0.2, 0) is 24.7 Å². The molecule has 1 saturated heterocycles. The van der Waals surface area contributed by atoms with E-state index in [9.17, 15) is 26.0 Å². The lowest BCUT2D eigenvalue weighted by molar-refractivity contribution is -0.129. The molecule has 0 radical (unpaired) electrons. The van der Waals surface area contributed by atoms with Gasteiger partial charge in [-0.15, -0.1) is 0 Å². The molecule has 0 bridgehead atoms. The van der Waals surface area contributed by atoms with Gasteiger partial charge in [0.1, 0.15) is 11.6 Å². The molecule has 2 aromatic carbocycles. The second kappa shape index (κ2) is 8.39. The van der Waals surface area contributed by atoms with Crippen LogP contribution in [0.2, 0.25) is 5.02 Å². The Hall–Kier alpha value is -2.01. The van der Waals surface area contributed by atoms with Gasteiger partial charge >= 0.3 is 0 Å². The van der Waals surface area contributed by atoms with Gasteiger partial charge in [-0.25, -0.2) is 21.2 Å². The van der Waals surface area contributed by atoms with Gasteiger partial charge in [-0.2, -0.15) is 4.31 Å². The summed E-state index contributed by atoms with van der Waals surface area (Å²) in [5, 5.41) is 0.383. The molecule has 1 aliphatic heterocycles. The highest BCUT2D eigenvalue weighted by atomic mass is 35.5. The van der Waals surface area contributed by atoms with Crippen molar-refractivity contribution in [3.8, 4) is 0 Å². The molecule has 0 unspecified atom stereocenters. The number of piperazine rings is 1. The SMILES string of the molecule is O=C(CS(=O)(=O)c1ccc(Cl)cc1)N1CCN(S(=O)(=O)c2ccc(F)cc2)CC1. The topological polar surface area (TPSA) is 91.8 Å². The first-order chi connectivity index (χ1) is 13.6. The van der Waals surface area contributed by atoms with Gasteiger partial charge in [-0.1, -0.05) is 11.6 Å². The third-order valence-electron chi connectivity index (χ3n) is 4.53. The second-order valence-electron chi connectivity index (χ2n) is 6.45. The summed E-state index contributed by atoms with van der Waals surface area (Å²) in [6, 6.07) is 10.0. The highest BCUT2D eigenvalue weighted by Gasteiger charge is 2.31. The number of nitrogens with zero attached hydrogens (tertiary/aromatic N) is 2. The van der Waals surface area contributed by atoms with E-state index >= 15 is 0 Å². The lowest BCUT2D eigenvalue weighted by atomic mass is 10.3. The van der Waals surface area contributed by atoms with Crippen LogP contribution < -0.4 is 0 Å². The summed E-state index contributed by atoms with van der Waals surface area (Å²) >= 11 is 5.75. The van der Waals surface area contributed by atoms with Gasteiger partial charge in [0.05, 0.1) is 9.79 Å². The molecule has 0 aromatic heterocycles. The van der Waals surface area contributed by atoms with E-state index in [1.54, 1.807) is 0 Å². The minimum absolute atomic E-state index is 0.00669. The Morgan fingerprint density at radius 3 is 1.93 bits per heavy atom. The van der Waals surface area contributed by atoms with Crippen LogP contribution in [0, 0.1) is 5.82 Å².